The van der Waals surface area contributed by atoms with Crippen molar-refractivity contribution in [2.24, 2.45) is 0 Å². The molecule has 0 aliphatic rings. The molecule has 0 bridgehead atoms. The van der Waals surface area contributed by atoms with Crippen molar-refractivity contribution in [3.8, 4) is 22.5 Å². The van der Waals surface area contributed by atoms with Crippen LogP contribution in [0.1, 0.15) is 26.7 Å². The molecule has 0 amide bonds. The normalized spacial score (nSPS) is 12.2. The Morgan fingerprint density at radius 2 is 1.48 bits per heavy atom. The van der Waals surface area contributed by atoms with Gasteiger partial charge in [0.15, 0.2) is 0 Å². The van der Waals surface area contributed by atoms with Crippen molar-refractivity contribution in [2.45, 2.75) is 37.0 Å². The Labute approximate surface area is 287 Å². The fourth-order valence-corrected chi connectivity index (χ4v) is 7.75. The van der Waals surface area contributed by atoms with Crippen LogP contribution >= 0.6 is 0 Å². The van der Waals surface area contributed by atoms with Gasteiger partial charge in [0.1, 0.15) is 16.7 Å². The molecule has 0 spiro atoms. The average molecular weight is 841 g/mol. The third-order valence-electron chi connectivity index (χ3n) is 8.14. The second kappa shape index (κ2) is 13.0. The molecule has 0 unspecified atom stereocenters. The second-order valence-electron chi connectivity index (χ2n) is 12.5. The maximum Gasteiger partial charge on any atom is 0 e. The molecule has 1 radical (unpaired) electrons. The maximum absolute atomic E-state index is 8.34. The summed E-state index contributed by atoms with van der Waals surface area (Å²) >= 11 is -1.72. The van der Waals surface area contributed by atoms with Crippen molar-refractivity contribution in [2.75, 3.05) is 0 Å². The van der Waals surface area contributed by atoms with Crippen LogP contribution in [0.4, 0.5) is 0 Å². The van der Waals surface area contributed by atoms with Crippen LogP contribution < -0.4 is 4.40 Å². The molecule has 0 N–H and O–H groups in total. The number of hydrogen-bond donors (Lipinski definition) is 0. The van der Waals surface area contributed by atoms with Gasteiger partial charge in [0.05, 0.1) is 5.58 Å². The molecule has 46 heavy (non-hydrogen) atoms. The minimum atomic E-state index is -1.72. The second-order valence-corrected chi connectivity index (χ2v) is 23.2. The Kier molecular flexibility index (Phi) is 8.65. The molecule has 4 nitrogen and oxygen atoms in total. The number of rotatable bonds is 4. The van der Waals surface area contributed by atoms with Crippen molar-refractivity contribution in [3.63, 3.8) is 0 Å². The molecule has 0 fully saturated rings. The van der Waals surface area contributed by atoms with Crippen LogP contribution in [0.5, 0.6) is 0 Å². The van der Waals surface area contributed by atoms with Crippen LogP contribution in [0, 0.1) is 12.1 Å². The van der Waals surface area contributed by atoms with Gasteiger partial charge < -0.3 is 13.8 Å². The first kappa shape index (κ1) is 30.6. The summed E-state index contributed by atoms with van der Waals surface area (Å²) in [7, 11) is 0. The van der Waals surface area contributed by atoms with Gasteiger partial charge in [0, 0.05) is 49.9 Å². The summed E-state index contributed by atoms with van der Waals surface area (Å²) in [6.07, 6.45) is 3.78. The molecule has 4 aromatic carbocycles. The molecule has 0 atom stereocenters. The van der Waals surface area contributed by atoms with Crippen LogP contribution in [-0.4, -0.2) is 23.2 Å². The predicted molar refractivity (Wildman–Crippen MR) is 189 cm³/mol. The van der Waals surface area contributed by atoms with Gasteiger partial charge in [-0.3, -0.25) is 0 Å². The van der Waals surface area contributed by atoms with E-state index in [0.29, 0.717) is 0 Å². The topological polar surface area (TPSA) is 52.1 Å². The molecule has 0 saturated heterocycles. The van der Waals surface area contributed by atoms with E-state index in [1.54, 1.807) is 6.20 Å². The number of pyridine rings is 2. The first-order valence-corrected chi connectivity index (χ1v) is 22.5. The molecule has 4 aromatic heterocycles. The van der Waals surface area contributed by atoms with Crippen molar-refractivity contribution in [1.82, 2.24) is 9.97 Å². The van der Waals surface area contributed by atoms with Gasteiger partial charge in [0.25, 0.3) is 0 Å². The van der Waals surface area contributed by atoms with E-state index in [0.717, 1.165) is 72.0 Å². The summed E-state index contributed by atoms with van der Waals surface area (Å²) in [5, 5.41) is 4.23. The number of nitrogens with zero attached hydrogens (tertiary/aromatic N) is 2. The minimum absolute atomic E-state index is 0. The van der Waals surface area contributed by atoms with E-state index >= 15 is 0 Å². The molecule has 231 valence electrons. The third-order valence-corrected chi connectivity index (χ3v) is 12.4. The van der Waals surface area contributed by atoms with E-state index in [2.05, 4.69) is 63.6 Å². The quantitative estimate of drug-likeness (QED) is 0.131. The molecule has 0 aliphatic heterocycles. The van der Waals surface area contributed by atoms with Crippen molar-refractivity contribution >= 4 is 61.5 Å². The van der Waals surface area contributed by atoms with Gasteiger partial charge >= 0.3 is 99.8 Å². The van der Waals surface area contributed by atoms with Gasteiger partial charge in [-0.15, -0.1) is 18.2 Å². The van der Waals surface area contributed by atoms with Crippen LogP contribution in [-0.2, 0) is 20.1 Å². The van der Waals surface area contributed by atoms with E-state index in [1.807, 2.05) is 92.8 Å². The zero-order valence-electron chi connectivity index (χ0n) is 27.4. The zero-order valence-corrected chi connectivity index (χ0v) is 30.9. The van der Waals surface area contributed by atoms with Gasteiger partial charge in [-0.25, -0.2) is 0 Å². The Bertz CT molecular complexity index is 2330. The SMILES string of the molecule is [2H]C(C)(C)c1ccnc(-c2[c-]ccc3c2oc2cc4oc5ccccc5c4cc23)c1.[CH3][Ge]([CH3])([CH3])[c]1ccc(-c2[c-]cccc2)nc1.[Ir]. The van der Waals surface area contributed by atoms with E-state index in [4.69, 9.17) is 10.2 Å². The van der Waals surface area contributed by atoms with E-state index in [9.17, 15) is 0 Å². The van der Waals surface area contributed by atoms with Crippen LogP contribution in [0.25, 0.3) is 66.4 Å². The number of aromatic nitrogens is 2. The standard InChI is InChI=1S/C26H18NO2.C14H16GeN.Ir/c1-15(2)16-10-11-27-22(12-16)19-8-5-7-18-21-13-20-17-6-3-4-9-23(17)28-24(20)14-25(21)29-26(18)19;1-15(2,3)13-9-10-14(16-11-13)12-7-5-4-6-8-12;/h3-7,9-15H,1-2H3;4-7,9-11H,1-3H3;/q2*-1;/i15D;;. The molecule has 0 aliphatic carbocycles. The number of benzene rings is 4. The number of furan rings is 2. The van der Waals surface area contributed by atoms with Crippen LogP contribution in [0.2, 0.25) is 17.3 Å². The average Bonchev–Trinajstić information content (AvgIpc) is 3.61. The minimum Gasteiger partial charge on any atom is 0 e. The fourth-order valence-electron chi connectivity index (χ4n) is 5.58. The van der Waals surface area contributed by atoms with Crippen LogP contribution in [0.3, 0.4) is 0 Å². The Hall–Kier alpha value is -4.03. The van der Waals surface area contributed by atoms with Gasteiger partial charge in [0.2, 0.25) is 0 Å². The Morgan fingerprint density at radius 1 is 0.696 bits per heavy atom. The summed E-state index contributed by atoms with van der Waals surface area (Å²) in [5.41, 5.74) is 7.74. The monoisotopic (exact) mass is 842 g/mol. The molecule has 8 aromatic rings. The smallest absolute Gasteiger partial charge is 0 e. The summed E-state index contributed by atoms with van der Waals surface area (Å²) in [4.78, 5) is 9.07. The largest absolute Gasteiger partial charge is 0 e. The van der Waals surface area contributed by atoms with Gasteiger partial charge in [-0.05, 0) is 29.8 Å². The maximum atomic E-state index is 8.34. The number of fused-ring (bicyclic) bond motifs is 6. The van der Waals surface area contributed by atoms with Crippen molar-refractivity contribution < 1.29 is 30.3 Å². The van der Waals surface area contributed by atoms with Crippen LogP contribution in [0.15, 0.2) is 118 Å². The van der Waals surface area contributed by atoms with Gasteiger partial charge in [-0.1, -0.05) is 54.6 Å². The summed E-state index contributed by atoms with van der Waals surface area (Å²) < 4.78 is 22.1. The summed E-state index contributed by atoms with van der Waals surface area (Å²) in [6.45, 7) is 3.74. The van der Waals surface area contributed by atoms with Crippen molar-refractivity contribution in [3.05, 3.63) is 127 Å². The summed E-state index contributed by atoms with van der Waals surface area (Å²) in [5.74, 6) is 6.44. The summed E-state index contributed by atoms with van der Waals surface area (Å²) in [6, 6.07) is 38.7. The Morgan fingerprint density at radius 3 is 2.22 bits per heavy atom. The third kappa shape index (κ3) is 6.20. The molecular weight excluding hydrogens is 805 g/mol. The fraction of sp³-hybridized carbons (Fsp3) is 0.150. The molecular formula is C40H34GeIrN2O2-2. The molecule has 8 rings (SSSR count). The molecule has 4 heterocycles. The number of para-hydroxylation sites is 1. The first-order chi connectivity index (χ1) is 22.1. The van der Waals surface area contributed by atoms with Crippen molar-refractivity contribution in [1.29, 1.82) is 0 Å². The first-order valence-electron chi connectivity index (χ1n) is 15.6. The van der Waals surface area contributed by atoms with E-state index in [-0.39, 0.29) is 20.1 Å². The van der Waals surface area contributed by atoms with Gasteiger partial charge in [-0.2, -0.15) is 0 Å². The Balaban J connectivity index is 0.000000194. The predicted octanol–water partition coefficient (Wildman–Crippen LogP) is 10.6. The van der Waals surface area contributed by atoms with E-state index < -0.39 is 19.2 Å². The number of hydrogen-bond acceptors (Lipinski definition) is 4. The zero-order chi connectivity index (χ0) is 32.1. The molecule has 0 saturated carbocycles. The van der Waals surface area contributed by atoms with E-state index in [1.165, 1.54) is 4.40 Å². The molecule has 6 heteroatoms.